The molecule has 8 heteroatoms. The summed E-state index contributed by atoms with van der Waals surface area (Å²) >= 11 is 0. The summed E-state index contributed by atoms with van der Waals surface area (Å²) in [4.78, 5) is 23.1. The van der Waals surface area contributed by atoms with E-state index in [0.29, 0.717) is 24.6 Å². The number of nitrogens with zero attached hydrogens (tertiary/aromatic N) is 3. The molecule has 0 saturated carbocycles. The van der Waals surface area contributed by atoms with Gasteiger partial charge in [0.05, 0.1) is 7.11 Å². The Bertz CT molecular complexity index is 793. The maximum atomic E-state index is 11.9. The van der Waals surface area contributed by atoms with Crippen LogP contribution in [0.2, 0.25) is 0 Å². The van der Waals surface area contributed by atoms with Crippen LogP contribution >= 0.6 is 0 Å². The highest BCUT2D eigenvalue weighted by Gasteiger charge is 2.15. The molecule has 0 spiro atoms. The molecule has 0 bridgehead atoms. The van der Waals surface area contributed by atoms with Gasteiger partial charge in [0.25, 0.3) is 5.91 Å². The Balaban J connectivity index is 1.39. The number of aromatic nitrogens is 2. The van der Waals surface area contributed by atoms with Crippen LogP contribution in [0.15, 0.2) is 30.3 Å². The zero-order valence-electron chi connectivity index (χ0n) is 16.4. The second-order valence-corrected chi connectivity index (χ2v) is 6.60. The minimum Gasteiger partial charge on any atom is -0.497 e. The molecule has 2 heterocycles. The molecular formula is C20H27N5O3. The third kappa shape index (κ3) is 5.73. The second kappa shape index (κ2) is 9.77. The summed E-state index contributed by atoms with van der Waals surface area (Å²) in [6.45, 7) is 4.98. The van der Waals surface area contributed by atoms with Gasteiger partial charge in [0.2, 0.25) is 0 Å². The van der Waals surface area contributed by atoms with Crippen LogP contribution in [0.1, 0.15) is 18.7 Å². The quantitative estimate of drug-likeness (QED) is 0.638. The van der Waals surface area contributed by atoms with E-state index >= 15 is 0 Å². The monoisotopic (exact) mass is 385 g/mol. The fourth-order valence-electron chi connectivity index (χ4n) is 3.03. The number of benzene rings is 1. The van der Waals surface area contributed by atoms with Gasteiger partial charge in [-0.2, -0.15) is 0 Å². The molecular weight excluding hydrogens is 358 g/mol. The zero-order valence-corrected chi connectivity index (χ0v) is 16.4. The van der Waals surface area contributed by atoms with Gasteiger partial charge in [0.1, 0.15) is 29.0 Å². The van der Waals surface area contributed by atoms with Crippen molar-refractivity contribution in [2.75, 3.05) is 50.1 Å². The van der Waals surface area contributed by atoms with E-state index in [1.165, 1.54) is 12.8 Å². The van der Waals surface area contributed by atoms with Crippen LogP contribution in [-0.4, -0.2) is 55.8 Å². The van der Waals surface area contributed by atoms with Crippen molar-refractivity contribution in [1.29, 1.82) is 0 Å². The van der Waals surface area contributed by atoms with Crippen molar-refractivity contribution in [3.63, 3.8) is 0 Å². The Morgan fingerprint density at radius 3 is 2.71 bits per heavy atom. The number of hydrogen-bond acceptors (Lipinski definition) is 7. The molecule has 3 rings (SSSR count). The second-order valence-electron chi connectivity index (χ2n) is 6.60. The average Bonchev–Trinajstić information content (AvgIpc) is 3.24. The molecule has 2 aromatic rings. The van der Waals surface area contributed by atoms with E-state index in [9.17, 15) is 4.79 Å². The number of aryl methyl sites for hydroxylation is 1. The Labute approximate surface area is 165 Å². The SMILES string of the molecule is COc1cccc(OCC(=O)NCCNc2cc(N3CCCC3)nc(C)n2)c1. The molecule has 1 aromatic heterocycles. The topological polar surface area (TPSA) is 88.6 Å². The molecule has 28 heavy (non-hydrogen) atoms. The van der Waals surface area contributed by atoms with Crippen molar-refractivity contribution in [2.45, 2.75) is 19.8 Å². The third-order valence-corrected chi connectivity index (χ3v) is 4.42. The van der Waals surface area contributed by atoms with Gasteiger partial charge < -0.3 is 25.0 Å². The first-order chi connectivity index (χ1) is 13.6. The van der Waals surface area contributed by atoms with Crippen molar-refractivity contribution in [3.05, 3.63) is 36.2 Å². The molecule has 1 aliphatic rings. The lowest BCUT2D eigenvalue weighted by molar-refractivity contribution is -0.123. The lowest BCUT2D eigenvalue weighted by Crippen LogP contribution is -2.32. The number of carbonyl (C=O) groups is 1. The van der Waals surface area contributed by atoms with E-state index in [1.54, 1.807) is 19.2 Å². The van der Waals surface area contributed by atoms with Crippen LogP contribution in [0.25, 0.3) is 0 Å². The number of carbonyl (C=O) groups excluding carboxylic acids is 1. The lowest BCUT2D eigenvalue weighted by Gasteiger charge is -2.17. The maximum Gasteiger partial charge on any atom is 0.258 e. The summed E-state index contributed by atoms with van der Waals surface area (Å²) < 4.78 is 10.6. The summed E-state index contributed by atoms with van der Waals surface area (Å²) in [6, 6.07) is 9.13. The van der Waals surface area contributed by atoms with Crippen LogP contribution in [-0.2, 0) is 4.79 Å². The number of amides is 1. The number of hydrogen-bond donors (Lipinski definition) is 2. The van der Waals surface area contributed by atoms with Crippen molar-refractivity contribution in [1.82, 2.24) is 15.3 Å². The van der Waals surface area contributed by atoms with Crippen LogP contribution in [0.4, 0.5) is 11.6 Å². The number of anilines is 2. The minimum atomic E-state index is -0.179. The van der Waals surface area contributed by atoms with Gasteiger partial charge in [-0.3, -0.25) is 4.79 Å². The van der Waals surface area contributed by atoms with Gasteiger partial charge in [0.15, 0.2) is 6.61 Å². The number of methoxy groups -OCH3 is 1. The van der Waals surface area contributed by atoms with Gasteiger partial charge in [0, 0.05) is 38.3 Å². The van der Waals surface area contributed by atoms with Crippen molar-refractivity contribution in [3.8, 4) is 11.5 Å². The first-order valence-electron chi connectivity index (χ1n) is 9.52. The number of rotatable bonds is 9. The largest absolute Gasteiger partial charge is 0.497 e. The fourth-order valence-corrected chi connectivity index (χ4v) is 3.03. The Hall–Kier alpha value is -3.03. The summed E-state index contributed by atoms with van der Waals surface area (Å²) in [5.41, 5.74) is 0. The zero-order chi connectivity index (χ0) is 19.8. The highest BCUT2D eigenvalue weighted by atomic mass is 16.5. The van der Waals surface area contributed by atoms with Gasteiger partial charge in [-0.15, -0.1) is 0 Å². The Morgan fingerprint density at radius 1 is 1.14 bits per heavy atom. The van der Waals surface area contributed by atoms with E-state index in [4.69, 9.17) is 9.47 Å². The maximum absolute atomic E-state index is 11.9. The van der Waals surface area contributed by atoms with Crippen LogP contribution in [0.5, 0.6) is 11.5 Å². The van der Waals surface area contributed by atoms with E-state index in [2.05, 4.69) is 25.5 Å². The van der Waals surface area contributed by atoms with Gasteiger partial charge in [-0.05, 0) is 31.9 Å². The summed E-state index contributed by atoms with van der Waals surface area (Å²) in [5.74, 6) is 3.58. The van der Waals surface area contributed by atoms with Crippen molar-refractivity contribution in [2.24, 2.45) is 0 Å². The first-order valence-corrected chi connectivity index (χ1v) is 9.52. The first kappa shape index (κ1) is 19.7. The predicted octanol–water partition coefficient (Wildman–Crippen LogP) is 2.00. The van der Waals surface area contributed by atoms with E-state index < -0.39 is 0 Å². The van der Waals surface area contributed by atoms with Gasteiger partial charge in [-0.1, -0.05) is 6.07 Å². The molecule has 1 aromatic carbocycles. The molecule has 1 amide bonds. The summed E-state index contributed by atoms with van der Waals surface area (Å²) in [7, 11) is 1.59. The fraction of sp³-hybridized carbons (Fsp3) is 0.450. The predicted molar refractivity (Wildman–Crippen MR) is 108 cm³/mol. The van der Waals surface area contributed by atoms with Gasteiger partial charge >= 0.3 is 0 Å². The molecule has 1 aliphatic heterocycles. The lowest BCUT2D eigenvalue weighted by atomic mass is 10.3. The molecule has 1 fully saturated rings. The van der Waals surface area contributed by atoms with E-state index in [-0.39, 0.29) is 12.5 Å². The van der Waals surface area contributed by atoms with Crippen molar-refractivity contribution < 1.29 is 14.3 Å². The van der Waals surface area contributed by atoms with Crippen LogP contribution in [0, 0.1) is 6.92 Å². The normalized spacial score (nSPS) is 13.3. The third-order valence-electron chi connectivity index (χ3n) is 4.42. The molecule has 0 unspecified atom stereocenters. The molecule has 1 saturated heterocycles. The van der Waals surface area contributed by atoms with Crippen LogP contribution in [0.3, 0.4) is 0 Å². The highest BCUT2D eigenvalue weighted by Crippen LogP contribution is 2.20. The molecule has 0 radical (unpaired) electrons. The molecule has 0 atom stereocenters. The minimum absolute atomic E-state index is 0.0428. The molecule has 8 nitrogen and oxygen atoms in total. The van der Waals surface area contributed by atoms with E-state index in [0.717, 1.165) is 30.5 Å². The number of nitrogens with one attached hydrogen (secondary N) is 2. The number of ether oxygens (including phenoxy) is 2. The Kier molecular flexibility index (Phi) is 6.89. The average molecular weight is 385 g/mol. The highest BCUT2D eigenvalue weighted by molar-refractivity contribution is 5.77. The van der Waals surface area contributed by atoms with Gasteiger partial charge in [-0.25, -0.2) is 9.97 Å². The van der Waals surface area contributed by atoms with Crippen molar-refractivity contribution >= 4 is 17.5 Å². The Morgan fingerprint density at radius 2 is 1.93 bits per heavy atom. The van der Waals surface area contributed by atoms with Crippen LogP contribution < -0.4 is 25.0 Å². The standard InChI is InChI=1S/C20H27N5O3/c1-15-23-18(13-19(24-15)25-10-3-4-11-25)21-8-9-22-20(26)14-28-17-7-5-6-16(12-17)27-2/h5-7,12-13H,3-4,8-11,14H2,1-2H3,(H,22,26)(H,21,23,24). The summed E-state index contributed by atoms with van der Waals surface area (Å²) in [6.07, 6.45) is 2.41. The smallest absolute Gasteiger partial charge is 0.258 e. The molecule has 0 aliphatic carbocycles. The van der Waals surface area contributed by atoms with E-state index in [1.807, 2.05) is 25.1 Å². The molecule has 150 valence electrons. The molecule has 2 N–H and O–H groups in total. The summed E-state index contributed by atoms with van der Waals surface area (Å²) in [5, 5.41) is 6.07.